The smallest absolute Gasteiger partial charge is 0.252 e. The lowest BCUT2D eigenvalue weighted by molar-refractivity contribution is 0.569. The molecular formula is C86H83BN2O. The first-order chi connectivity index (χ1) is 44.9. The Hall–Kier alpha value is -9.12. The van der Waals surface area contributed by atoms with Crippen molar-refractivity contribution in [2.75, 3.05) is 9.80 Å². The molecule has 0 bridgehead atoms. The third-order valence-corrected chi connectivity index (χ3v) is 18.9. The van der Waals surface area contributed by atoms with E-state index >= 15 is 0 Å². The summed E-state index contributed by atoms with van der Waals surface area (Å²) in [6.45, 7) is 34.0. The highest BCUT2D eigenvalue weighted by Gasteiger charge is 2.46. The van der Waals surface area contributed by atoms with Crippen molar-refractivity contribution in [3.8, 4) is 55.6 Å². The van der Waals surface area contributed by atoms with E-state index in [1.807, 2.05) is 18.2 Å². The number of furan rings is 1. The lowest BCUT2D eigenvalue weighted by Crippen LogP contribution is -2.61. The predicted molar refractivity (Wildman–Crippen MR) is 388 cm³/mol. The normalized spacial score (nSPS) is 14.2. The SMILES string of the molecule is [2H]c1c([2H])c([2H])c(-c2ccc3c(c2)N(c2c(-c4ccc(C(C)(C)C)cc4)ccc4oc5ccccc5c24)c2cc(C(C)(C)C)cc4c2B3c2ccc(-c3cc(C(C)(C)C)cc(C(C)(C)C)c3)cc2N4c2c(-c3ccccc3)cc(C(C)(C)C)cc2-c2ccccc2)c([2H])c1[2H]. The summed E-state index contributed by atoms with van der Waals surface area (Å²) in [4.78, 5) is 5.08. The second kappa shape index (κ2) is 21.3. The van der Waals surface area contributed by atoms with E-state index in [0.717, 1.165) is 123 Å². The van der Waals surface area contributed by atoms with Crippen LogP contribution in [0.3, 0.4) is 0 Å². The Morgan fingerprint density at radius 2 is 0.767 bits per heavy atom. The van der Waals surface area contributed by atoms with E-state index in [2.05, 4.69) is 296 Å². The number of para-hydroxylation sites is 1. The number of fused-ring (bicyclic) bond motifs is 7. The van der Waals surface area contributed by atoms with Crippen LogP contribution in [0.1, 0.15) is 139 Å². The zero-order valence-electron chi connectivity index (χ0n) is 59.9. The average Bonchev–Trinajstić information content (AvgIpc) is 1.18. The topological polar surface area (TPSA) is 19.6 Å². The van der Waals surface area contributed by atoms with Crippen molar-refractivity contribution in [2.45, 2.75) is 131 Å². The van der Waals surface area contributed by atoms with Gasteiger partial charge in [-0.2, -0.15) is 0 Å². The molecule has 0 aliphatic carbocycles. The molecule has 11 aromatic carbocycles. The van der Waals surface area contributed by atoms with Gasteiger partial charge in [0.1, 0.15) is 11.2 Å². The van der Waals surface area contributed by atoms with E-state index in [0.29, 0.717) is 5.56 Å². The summed E-state index contributed by atoms with van der Waals surface area (Å²) in [5, 5.41) is 1.89. The standard InChI is InChI=1S/C86H83BN2O/c1-82(2,3)61-39-35-57(36-40-61)66-41-44-77-78(67-33-25-26-34-76(67)90-77)81(66)89-73-47-58(54-27-19-16-20-28-54)37-42-71(73)87-70-43-38-59(60-45-62(83(4,5)6)49-63(46-60)84(7,8)9)48-72(70)88(74-52-65(86(13,14)15)53-75(89)79(74)87)80-68(55-29-21-17-22-30-55)50-64(85(10,11)12)51-69(80)56-31-23-18-24-32-56/h16-53H,1-15H3/i16D,19D,20D,27D,28D. The van der Waals surface area contributed by atoms with Crippen molar-refractivity contribution in [3.63, 3.8) is 0 Å². The number of rotatable bonds is 7. The Morgan fingerprint density at radius 1 is 0.322 bits per heavy atom. The Kier molecular flexibility index (Phi) is 12.5. The van der Waals surface area contributed by atoms with Gasteiger partial charge in [0, 0.05) is 44.8 Å². The van der Waals surface area contributed by atoms with Crippen LogP contribution < -0.4 is 26.2 Å². The zero-order chi connectivity index (χ0) is 67.3. The lowest BCUT2D eigenvalue weighted by atomic mass is 9.33. The van der Waals surface area contributed by atoms with Gasteiger partial charge in [0.15, 0.2) is 0 Å². The van der Waals surface area contributed by atoms with Gasteiger partial charge in [-0.3, -0.25) is 0 Å². The minimum absolute atomic E-state index is 0.0955. The predicted octanol–water partition coefficient (Wildman–Crippen LogP) is 22.5. The van der Waals surface area contributed by atoms with Crippen LogP contribution in [-0.2, 0) is 27.1 Å². The van der Waals surface area contributed by atoms with Gasteiger partial charge < -0.3 is 14.2 Å². The number of hydrogen-bond acceptors (Lipinski definition) is 3. The molecule has 0 spiro atoms. The molecule has 0 amide bonds. The number of anilines is 6. The summed E-state index contributed by atoms with van der Waals surface area (Å²) in [6.07, 6.45) is 0. The molecule has 3 heterocycles. The third kappa shape index (κ3) is 10.2. The first-order valence-corrected chi connectivity index (χ1v) is 32.0. The summed E-state index contributed by atoms with van der Waals surface area (Å²) in [7, 11) is 0. The summed E-state index contributed by atoms with van der Waals surface area (Å²) >= 11 is 0. The maximum atomic E-state index is 9.53. The van der Waals surface area contributed by atoms with Crippen LogP contribution in [0.15, 0.2) is 235 Å². The first kappa shape index (κ1) is 52.8. The van der Waals surface area contributed by atoms with Gasteiger partial charge in [0.05, 0.1) is 23.6 Å². The van der Waals surface area contributed by atoms with Gasteiger partial charge >= 0.3 is 0 Å². The van der Waals surface area contributed by atoms with E-state index < -0.39 is 11.5 Å². The Labute approximate surface area is 542 Å². The fourth-order valence-electron chi connectivity index (χ4n) is 13.7. The van der Waals surface area contributed by atoms with Crippen molar-refractivity contribution in [3.05, 3.63) is 258 Å². The highest BCUT2D eigenvalue weighted by atomic mass is 16.3. The molecule has 0 radical (unpaired) electrons. The molecule has 0 N–H and O–H groups in total. The van der Waals surface area contributed by atoms with Crippen molar-refractivity contribution >= 4 is 79.2 Å². The van der Waals surface area contributed by atoms with Crippen LogP contribution in [0, 0.1) is 0 Å². The van der Waals surface area contributed by atoms with Gasteiger partial charge in [-0.1, -0.05) is 280 Å². The molecule has 90 heavy (non-hydrogen) atoms. The van der Waals surface area contributed by atoms with Crippen LogP contribution in [0.5, 0.6) is 0 Å². The summed E-state index contributed by atoms with van der Waals surface area (Å²) in [5.74, 6) is 0. The lowest BCUT2D eigenvalue weighted by Gasteiger charge is -2.46. The molecule has 0 saturated heterocycles. The average molecular weight is 1180 g/mol. The first-order valence-electron chi connectivity index (χ1n) is 34.5. The minimum Gasteiger partial charge on any atom is -0.456 e. The van der Waals surface area contributed by atoms with Crippen LogP contribution in [0.2, 0.25) is 0 Å². The Bertz CT molecular complexity index is 4970. The van der Waals surface area contributed by atoms with Gasteiger partial charge in [0.25, 0.3) is 6.71 Å². The molecule has 0 saturated carbocycles. The highest BCUT2D eigenvalue weighted by molar-refractivity contribution is 7.00. The molecule has 0 unspecified atom stereocenters. The van der Waals surface area contributed by atoms with Crippen molar-refractivity contribution in [1.82, 2.24) is 0 Å². The molecule has 14 rings (SSSR count). The van der Waals surface area contributed by atoms with Crippen LogP contribution >= 0.6 is 0 Å². The minimum atomic E-state index is -0.429. The Morgan fingerprint density at radius 3 is 1.29 bits per heavy atom. The second-order valence-corrected chi connectivity index (χ2v) is 30.3. The van der Waals surface area contributed by atoms with Crippen LogP contribution in [-0.4, -0.2) is 6.71 Å². The van der Waals surface area contributed by atoms with Gasteiger partial charge in [-0.15, -0.1) is 0 Å². The van der Waals surface area contributed by atoms with Crippen molar-refractivity contribution in [1.29, 1.82) is 0 Å². The monoisotopic (exact) mass is 1180 g/mol. The molecule has 12 aromatic rings. The maximum absolute atomic E-state index is 9.53. The van der Waals surface area contributed by atoms with E-state index in [9.17, 15) is 2.74 Å². The van der Waals surface area contributed by atoms with E-state index in [1.54, 1.807) is 0 Å². The van der Waals surface area contributed by atoms with Gasteiger partial charge in [-0.05, 0) is 165 Å². The fourth-order valence-corrected chi connectivity index (χ4v) is 13.7. The number of benzene rings is 11. The van der Waals surface area contributed by atoms with Crippen molar-refractivity contribution in [2.24, 2.45) is 0 Å². The maximum Gasteiger partial charge on any atom is 0.252 e. The van der Waals surface area contributed by atoms with E-state index in [-0.39, 0.29) is 58.1 Å². The molecule has 4 heteroatoms. The summed E-state index contributed by atoms with van der Waals surface area (Å²) in [5.41, 5.74) is 25.0. The molecular weight excluding hydrogens is 1090 g/mol. The zero-order valence-corrected chi connectivity index (χ0v) is 54.9. The fraction of sp³-hybridized carbons (Fsp3) is 0.233. The molecule has 1 aromatic heterocycles. The van der Waals surface area contributed by atoms with Crippen LogP contribution in [0.4, 0.5) is 34.1 Å². The number of hydrogen-bond donors (Lipinski definition) is 0. The van der Waals surface area contributed by atoms with E-state index in [4.69, 9.17) is 8.53 Å². The Balaban J connectivity index is 1.20. The molecule has 0 fully saturated rings. The number of nitrogens with zero attached hydrogens (tertiary/aromatic N) is 2. The molecule has 0 atom stereocenters. The molecule has 3 nitrogen and oxygen atoms in total. The second-order valence-electron chi connectivity index (χ2n) is 30.3. The quantitative estimate of drug-likeness (QED) is 0.148. The summed E-state index contributed by atoms with van der Waals surface area (Å²) in [6, 6.07) is 72.2. The summed E-state index contributed by atoms with van der Waals surface area (Å²) < 4.78 is 52.8. The molecule has 446 valence electrons. The van der Waals surface area contributed by atoms with Gasteiger partial charge in [-0.25, -0.2) is 0 Å². The van der Waals surface area contributed by atoms with Crippen LogP contribution in [0.25, 0.3) is 77.6 Å². The molecule has 2 aliphatic heterocycles. The highest BCUT2D eigenvalue weighted by Crippen LogP contribution is 2.55. The van der Waals surface area contributed by atoms with E-state index in [1.165, 1.54) is 22.3 Å². The van der Waals surface area contributed by atoms with Crippen molar-refractivity contribution < 1.29 is 11.3 Å². The largest absolute Gasteiger partial charge is 0.456 e. The molecule has 2 aliphatic rings. The third-order valence-electron chi connectivity index (χ3n) is 18.9. The van der Waals surface area contributed by atoms with Gasteiger partial charge in [0.2, 0.25) is 0 Å².